The average molecular weight is 483 g/mol. The highest BCUT2D eigenvalue weighted by molar-refractivity contribution is 4.50. The summed E-state index contributed by atoms with van der Waals surface area (Å²) in [6.07, 6.45) is 31.6. The SMILES string of the molecule is CCCCCCCC[N+](C)(C)CCCCCCCCCCCC[N+](C)(C)CCCCCCCC. The van der Waals surface area contributed by atoms with E-state index in [4.69, 9.17) is 0 Å². The van der Waals surface area contributed by atoms with E-state index in [0.717, 1.165) is 0 Å². The first-order valence-electron chi connectivity index (χ1n) is 16.0. The quantitative estimate of drug-likeness (QED) is 0.0807. The van der Waals surface area contributed by atoms with Crippen molar-refractivity contribution < 1.29 is 8.97 Å². The Kier molecular flexibility index (Phi) is 23.3. The van der Waals surface area contributed by atoms with Crippen molar-refractivity contribution in [2.45, 2.75) is 155 Å². The molecule has 0 saturated heterocycles. The number of quaternary nitrogens is 2. The maximum Gasteiger partial charge on any atom is 0.0782 e. The zero-order valence-corrected chi connectivity index (χ0v) is 25.3. The van der Waals surface area contributed by atoms with Gasteiger partial charge in [-0.2, -0.15) is 0 Å². The van der Waals surface area contributed by atoms with Crippen molar-refractivity contribution in [2.24, 2.45) is 0 Å². The molecule has 0 aromatic rings. The van der Waals surface area contributed by atoms with Crippen molar-refractivity contribution in [3.63, 3.8) is 0 Å². The summed E-state index contributed by atoms with van der Waals surface area (Å²) in [4.78, 5) is 0. The van der Waals surface area contributed by atoms with Gasteiger partial charge in [0.25, 0.3) is 0 Å². The predicted molar refractivity (Wildman–Crippen MR) is 157 cm³/mol. The molecule has 0 aliphatic rings. The number of hydrogen-bond donors (Lipinski definition) is 0. The second kappa shape index (κ2) is 23.3. The van der Waals surface area contributed by atoms with E-state index in [1.165, 1.54) is 176 Å². The van der Waals surface area contributed by atoms with Crippen LogP contribution in [0.2, 0.25) is 0 Å². The summed E-state index contributed by atoms with van der Waals surface area (Å²) in [5.74, 6) is 0. The molecular weight excluding hydrogens is 412 g/mol. The van der Waals surface area contributed by atoms with Gasteiger partial charge in [-0.3, -0.25) is 0 Å². The normalized spacial score (nSPS) is 12.5. The molecule has 2 heteroatoms. The number of hydrogen-bond acceptors (Lipinski definition) is 0. The van der Waals surface area contributed by atoms with Gasteiger partial charge in [0.2, 0.25) is 0 Å². The monoisotopic (exact) mass is 483 g/mol. The van der Waals surface area contributed by atoms with E-state index in [1.807, 2.05) is 0 Å². The maximum atomic E-state index is 2.45. The lowest BCUT2D eigenvalue weighted by Crippen LogP contribution is -2.41. The zero-order chi connectivity index (χ0) is 25.4. The lowest BCUT2D eigenvalue weighted by atomic mass is 10.1. The highest BCUT2D eigenvalue weighted by Gasteiger charge is 2.14. The third-order valence-corrected chi connectivity index (χ3v) is 8.01. The molecule has 0 saturated carbocycles. The topological polar surface area (TPSA) is 0 Å². The van der Waals surface area contributed by atoms with E-state index in [-0.39, 0.29) is 0 Å². The highest BCUT2D eigenvalue weighted by atomic mass is 15.3. The third-order valence-electron chi connectivity index (χ3n) is 8.01. The first kappa shape index (κ1) is 33.9. The first-order valence-corrected chi connectivity index (χ1v) is 16.0. The van der Waals surface area contributed by atoms with E-state index in [2.05, 4.69) is 42.0 Å². The smallest absolute Gasteiger partial charge is 0.0782 e. The van der Waals surface area contributed by atoms with Gasteiger partial charge < -0.3 is 8.97 Å². The van der Waals surface area contributed by atoms with Crippen LogP contribution in [0.3, 0.4) is 0 Å². The van der Waals surface area contributed by atoms with Gasteiger partial charge in [-0.05, 0) is 51.4 Å². The summed E-state index contributed by atoms with van der Waals surface area (Å²) in [6, 6.07) is 0. The third kappa shape index (κ3) is 25.0. The average Bonchev–Trinajstić information content (AvgIpc) is 2.79. The van der Waals surface area contributed by atoms with Gasteiger partial charge >= 0.3 is 0 Å². The molecule has 0 atom stereocenters. The molecule has 0 heterocycles. The fourth-order valence-corrected chi connectivity index (χ4v) is 5.36. The van der Waals surface area contributed by atoms with Crippen molar-refractivity contribution in [2.75, 3.05) is 54.4 Å². The summed E-state index contributed by atoms with van der Waals surface area (Å²) in [5.41, 5.74) is 0. The van der Waals surface area contributed by atoms with Gasteiger partial charge in [-0.15, -0.1) is 0 Å². The van der Waals surface area contributed by atoms with Crippen LogP contribution >= 0.6 is 0 Å². The fourth-order valence-electron chi connectivity index (χ4n) is 5.36. The molecular formula is C32H70N2+2. The van der Waals surface area contributed by atoms with E-state index >= 15 is 0 Å². The second-order valence-electron chi connectivity index (χ2n) is 12.8. The van der Waals surface area contributed by atoms with Gasteiger partial charge in [-0.25, -0.2) is 0 Å². The molecule has 0 bridgehead atoms. The number of unbranched alkanes of at least 4 members (excludes halogenated alkanes) is 19. The van der Waals surface area contributed by atoms with Crippen LogP contribution in [-0.4, -0.2) is 63.3 Å². The minimum absolute atomic E-state index is 1.24. The Bertz CT molecular complexity index is 364. The summed E-state index contributed by atoms with van der Waals surface area (Å²) in [7, 11) is 9.78. The molecule has 0 spiro atoms. The van der Waals surface area contributed by atoms with Crippen LogP contribution in [0.4, 0.5) is 0 Å². The largest absolute Gasteiger partial charge is 0.328 e. The van der Waals surface area contributed by atoms with Gasteiger partial charge in [0, 0.05) is 0 Å². The molecule has 0 aromatic carbocycles. The summed E-state index contributed by atoms with van der Waals surface area (Å²) in [5, 5.41) is 0. The minimum atomic E-state index is 1.24. The van der Waals surface area contributed by atoms with Gasteiger partial charge in [0.1, 0.15) is 0 Å². The Morgan fingerprint density at radius 3 is 0.647 bits per heavy atom. The van der Waals surface area contributed by atoms with Crippen LogP contribution in [-0.2, 0) is 0 Å². The van der Waals surface area contributed by atoms with Crippen LogP contribution in [0.25, 0.3) is 0 Å². The Balaban J connectivity index is 3.42. The van der Waals surface area contributed by atoms with Crippen LogP contribution in [0.15, 0.2) is 0 Å². The molecule has 34 heavy (non-hydrogen) atoms. The Morgan fingerprint density at radius 2 is 0.441 bits per heavy atom. The minimum Gasteiger partial charge on any atom is -0.328 e. The highest BCUT2D eigenvalue weighted by Crippen LogP contribution is 2.14. The van der Waals surface area contributed by atoms with Crippen molar-refractivity contribution in [1.29, 1.82) is 0 Å². The Labute approximate surface area is 218 Å². The molecule has 206 valence electrons. The van der Waals surface area contributed by atoms with Crippen LogP contribution in [0.1, 0.15) is 155 Å². The van der Waals surface area contributed by atoms with Crippen molar-refractivity contribution in [1.82, 2.24) is 0 Å². The molecule has 0 rings (SSSR count). The van der Waals surface area contributed by atoms with Gasteiger partial charge in [-0.1, -0.05) is 104 Å². The molecule has 0 unspecified atom stereocenters. The fraction of sp³-hybridized carbons (Fsp3) is 1.00. The Morgan fingerprint density at radius 1 is 0.265 bits per heavy atom. The summed E-state index contributed by atoms with van der Waals surface area (Å²) < 4.78 is 2.48. The van der Waals surface area contributed by atoms with Crippen LogP contribution in [0, 0.1) is 0 Å². The van der Waals surface area contributed by atoms with Crippen molar-refractivity contribution in [3.8, 4) is 0 Å². The van der Waals surface area contributed by atoms with E-state index in [9.17, 15) is 0 Å². The second-order valence-corrected chi connectivity index (χ2v) is 12.8. The van der Waals surface area contributed by atoms with E-state index in [1.54, 1.807) is 0 Å². The molecule has 0 amide bonds. The summed E-state index contributed by atoms with van der Waals surface area (Å²) in [6.45, 7) is 10.1. The van der Waals surface area contributed by atoms with Gasteiger partial charge in [0.15, 0.2) is 0 Å². The molecule has 0 aromatic heterocycles. The van der Waals surface area contributed by atoms with E-state index in [0.29, 0.717) is 0 Å². The molecule has 0 aliphatic carbocycles. The van der Waals surface area contributed by atoms with Crippen molar-refractivity contribution in [3.05, 3.63) is 0 Å². The van der Waals surface area contributed by atoms with Gasteiger partial charge in [0.05, 0.1) is 54.4 Å². The van der Waals surface area contributed by atoms with Crippen LogP contribution < -0.4 is 0 Å². The molecule has 2 nitrogen and oxygen atoms in total. The number of rotatable bonds is 27. The molecule has 0 radical (unpaired) electrons. The standard InChI is InChI=1S/C32H70N2/c1-7-9-11-13-21-25-29-33(3,4)31-27-23-19-17-15-16-18-20-24-28-32-34(5,6)30-26-22-14-12-10-8-2/h7-32H2,1-6H3/q+2. The van der Waals surface area contributed by atoms with E-state index < -0.39 is 0 Å². The molecule has 0 aliphatic heterocycles. The molecule has 0 fully saturated rings. The maximum absolute atomic E-state index is 2.45. The lowest BCUT2D eigenvalue weighted by Gasteiger charge is -2.30. The zero-order valence-electron chi connectivity index (χ0n) is 25.3. The predicted octanol–water partition coefficient (Wildman–Crippen LogP) is 9.76. The number of nitrogens with zero attached hydrogens (tertiary/aromatic N) is 2. The van der Waals surface area contributed by atoms with Crippen molar-refractivity contribution >= 4 is 0 Å². The van der Waals surface area contributed by atoms with Crippen LogP contribution in [0.5, 0.6) is 0 Å². The Hall–Kier alpha value is -0.0800. The summed E-state index contributed by atoms with van der Waals surface area (Å²) >= 11 is 0. The first-order chi connectivity index (χ1) is 16.3. The lowest BCUT2D eigenvalue weighted by molar-refractivity contribution is -0.890. The molecule has 0 N–H and O–H groups in total.